The van der Waals surface area contributed by atoms with Crippen molar-refractivity contribution in [3.05, 3.63) is 46.6 Å². The van der Waals surface area contributed by atoms with E-state index in [0.29, 0.717) is 5.56 Å². The number of aliphatic hydroxyl groups is 5. The van der Waals surface area contributed by atoms with Gasteiger partial charge in [0.1, 0.15) is 58.7 Å². The number of aromatic hydroxyl groups is 2. The van der Waals surface area contributed by atoms with Crippen LogP contribution < -0.4 is 14.9 Å². The third-order valence-corrected chi connectivity index (χ3v) is 7.85. The molecule has 43 heavy (non-hydrogen) atoms. The minimum absolute atomic E-state index is 0.0827. The van der Waals surface area contributed by atoms with E-state index < -0.39 is 73.1 Å². The van der Waals surface area contributed by atoms with Gasteiger partial charge in [-0.2, -0.15) is 0 Å². The second-order valence-electron chi connectivity index (χ2n) is 10.7. The number of phenolic OH excluding ortho intramolecular Hbond substituents is 2. The highest BCUT2D eigenvalue weighted by Gasteiger charge is 2.47. The van der Waals surface area contributed by atoms with Gasteiger partial charge < -0.3 is 63.8 Å². The molecule has 14 heteroatoms. The van der Waals surface area contributed by atoms with E-state index in [-0.39, 0.29) is 39.9 Å². The highest BCUT2D eigenvalue weighted by Crippen LogP contribution is 2.36. The van der Waals surface area contributed by atoms with E-state index in [1.54, 1.807) is 13.8 Å². The predicted molar refractivity (Wildman–Crippen MR) is 147 cm³/mol. The van der Waals surface area contributed by atoms with Crippen molar-refractivity contribution in [1.82, 2.24) is 0 Å². The van der Waals surface area contributed by atoms with E-state index in [4.69, 9.17) is 28.1 Å². The minimum Gasteiger partial charge on any atom is -0.507 e. The summed E-state index contributed by atoms with van der Waals surface area (Å²) in [4.78, 5) is 12.8. The number of phenols is 2. The molecule has 10 atom stereocenters. The zero-order valence-corrected chi connectivity index (χ0v) is 23.4. The highest BCUT2D eigenvalue weighted by molar-refractivity contribution is 5.86. The molecule has 14 nitrogen and oxygen atoms in total. The first kappa shape index (κ1) is 31.0. The third kappa shape index (κ3) is 6.01. The monoisotopic (exact) mass is 606 g/mol. The van der Waals surface area contributed by atoms with Crippen LogP contribution in [0.15, 0.2) is 45.6 Å². The molecule has 10 unspecified atom stereocenters. The molecule has 1 aromatic heterocycles. The van der Waals surface area contributed by atoms with Crippen LogP contribution >= 0.6 is 0 Å². The molecule has 2 saturated heterocycles. The number of ether oxygens (including phenoxy) is 5. The van der Waals surface area contributed by atoms with Crippen molar-refractivity contribution < 1.29 is 63.8 Å². The Morgan fingerprint density at radius 1 is 0.814 bits per heavy atom. The Kier molecular flexibility index (Phi) is 8.83. The van der Waals surface area contributed by atoms with Gasteiger partial charge in [0.2, 0.25) is 6.29 Å². The number of fused-ring (bicyclic) bond motifs is 1. The Labute approximate surface area is 244 Å². The number of rotatable bonds is 7. The molecule has 3 heterocycles. The SMILES string of the molecule is COc1cc(-c2cc(=O)c3c(O)cc(OC4OC(COC5OC(C)C(C)C(O)C5O)C(O)C(O)C4O)cc3o2)ccc1O. The van der Waals surface area contributed by atoms with Gasteiger partial charge in [0.15, 0.2) is 23.2 Å². The summed E-state index contributed by atoms with van der Waals surface area (Å²) in [6, 6.07) is 7.85. The fourth-order valence-corrected chi connectivity index (χ4v) is 5.06. The van der Waals surface area contributed by atoms with Gasteiger partial charge in [0, 0.05) is 29.7 Å². The van der Waals surface area contributed by atoms with Gasteiger partial charge in [-0.1, -0.05) is 6.92 Å². The van der Waals surface area contributed by atoms with Gasteiger partial charge in [-0.25, -0.2) is 0 Å². The second-order valence-corrected chi connectivity index (χ2v) is 10.7. The van der Waals surface area contributed by atoms with Gasteiger partial charge in [0.05, 0.1) is 25.9 Å². The molecule has 234 valence electrons. The van der Waals surface area contributed by atoms with Crippen LogP contribution in [0.2, 0.25) is 0 Å². The van der Waals surface area contributed by atoms with Crippen molar-refractivity contribution in [3.63, 3.8) is 0 Å². The van der Waals surface area contributed by atoms with Crippen molar-refractivity contribution in [2.24, 2.45) is 5.92 Å². The lowest BCUT2D eigenvalue weighted by atomic mass is 9.92. The summed E-state index contributed by atoms with van der Waals surface area (Å²) in [6.45, 7) is 3.00. The van der Waals surface area contributed by atoms with Crippen LogP contribution in [0.25, 0.3) is 22.3 Å². The Balaban J connectivity index is 1.37. The molecule has 0 amide bonds. The fraction of sp³-hybridized carbons (Fsp3) is 0.483. The molecular formula is C29H34O14. The lowest BCUT2D eigenvalue weighted by Crippen LogP contribution is -2.61. The zero-order chi connectivity index (χ0) is 31.2. The average Bonchev–Trinajstić information content (AvgIpc) is 2.97. The molecule has 2 aliphatic heterocycles. The first-order valence-electron chi connectivity index (χ1n) is 13.6. The smallest absolute Gasteiger partial charge is 0.229 e. The lowest BCUT2D eigenvalue weighted by Gasteiger charge is -2.42. The van der Waals surface area contributed by atoms with E-state index in [2.05, 4.69) is 0 Å². The molecular weight excluding hydrogens is 572 g/mol. The van der Waals surface area contributed by atoms with Gasteiger partial charge in [-0.3, -0.25) is 4.79 Å². The molecule has 7 N–H and O–H groups in total. The molecule has 2 aliphatic rings. The number of hydrogen-bond donors (Lipinski definition) is 7. The lowest BCUT2D eigenvalue weighted by molar-refractivity contribution is -0.312. The average molecular weight is 607 g/mol. The van der Waals surface area contributed by atoms with Crippen LogP contribution in [0, 0.1) is 5.92 Å². The summed E-state index contributed by atoms with van der Waals surface area (Å²) in [5, 5.41) is 72.5. The highest BCUT2D eigenvalue weighted by atomic mass is 16.7. The van der Waals surface area contributed by atoms with E-state index in [9.17, 15) is 40.5 Å². The van der Waals surface area contributed by atoms with E-state index in [1.165, 1.54) is 31.4 Å². The Hall–Kier alpha value is -3.47. The van der Waals surface area contributed by atoms with Gasteiger partial charge in [-0.05, 0) is 25.1 Å². The standard InChI is InChI=1S/C29H34O14/c1-11-12(2)40-28(26(36)23(11)33)39-10-21-24(34)25(35)27(37)29(43-21)41-14-7-16(31)22-17(32)9-18(42-20(22)8-14)13-4-5-15(30)19(6-13)38-3/h4-9,11-12,21,23-31,33-37H,10H2,1-3H3. The van der Waals surface area contributed by atoms with Crippen molar-refractivity contribution in [1.29, 1.82) is 0 Å². The molecule has 0 spiro atoms. The van der Waals surface area contributed by atoms with Crippen molar-refractivity contribution in [3.8, 4) is 34.3 Å². The quantitative estimate of drug-likeness (QED) is 0.191. The van der Waals surface area contributed by atoms with Crippen LogP contribution in [0.4, 0.5) is 0 Å². The van der Waals surface area contributed by atoms with Crippen molar-refractivity contribution in [2.75, 3.05) is 13.7 Å². The Morgan fingerprint density at radius 2 is 1.53 bits per heavy atom. The fourth-order valence-electron chi connectivity index (χ4n) is 5.06. The Bertz CT molecular complexity index is 1510. The summed E-state index contributed by atoms with van der Waals surface area (Å²) >= 11 is 0. The van der Waals surface area contributed by atoms with E-state index >= 15 is 0 Å². The summed E-state index contributed by atoms with van der Waals surface area (Å²) in [7, 11) is 1.36. The topological polar surface area (TPSA) is 218 Å². The second kappa shape index (κ2) is 12.3. The first-order valence-corrected chi connectivity index (χ1v) is 13.6. The molecule has 3 aromatic rings. The van der Waals surface area contributed by atoms with Gasteiger partial charge >= 0.3 is 0 Å². The Morgan fingerprint density at radius 3 is 2.26 bits per heavy atom. The maximum Gasteiger partial charge on any atom is 0.229 e. The number of benzene rings is 2. The largest absolute Gasteiger partial charge is 0.507 e. The predicted octanol–water partition coefficient (Wildman–Crippen LogP) is 0.185. The van der Waals surface area contributed by atoms with Crippen LogP contribution in [-0.4, -0.2) is 105 Å². The van der Waals surface area contributed by atoms with Gasteiger partial charge in [-0.15, -0.1) is 0 Å². The summed E-state index contributed by atoms with van der Waals surface area (Å²) in [5.41, 5.74) is -0.257. The zero-order valence-electron chi connectivity index (χ0n) is 23.4. The van der Waals surface area contributed by atoms with Crippen LogP contribution in [0.3, 0.4) is 0 Å². The molecule has 2 aromatic carbocycles. The number of aliphatic hydroxyl groups excluding tert-OH is 5. The number of hydrogen-bond acceptors (Lipinski definition) is 14. The molecule has 0 saturated carbocycles. The third-order valence-electron chi connectivity index (χ3n) is 7.85. The molecule has 5 rings (SSSR count). The normalized spacial score (nSPS) is 32.9. The maximum absolute atomic E-state index is 12.8. The summed E-state index contributed by atoms with van der Waals surface area (Å²) in [5.74, 6) is -0.839. The molecule has 0 bridgehead atoms. The summed E-state index contributed by atoms with van der Waals surface area (Å²) in [6.07, 6.45) is -12.1. The van der Waals surface area contributed by atoms with Crippen molar-refractivity contribution >= 4 is 11.0 Å². The first-order chi connectivity index (χ1) is 20.4. The van der Waals surface area contributed by atoms with E-state index in [0.717, 1.165) is 12.1 Å². The van der Waals surface area contributed by atoms with Crippen LogP contribution in [-0.2, 0) is 14.2 Å². The number of methoxy groups -OCH3 is 1. The summed E-state index contributed by atoms with van der Waals surface area (Å²) < 4.78 is 33.5. The molecule has 2 fully saturated rings. The van der Waals surface area contributed by atoms with Gasteiger partial charge in [0.25, 0.3) is 0 Å². The maximum atomic E-state index is 12.8. The van der Waals surface area contributed by atoms with Crippen LogP contribution in [0.5, 0.6) is 23.0 Å². The molecule has 0 radical (unpaired) electrons. The molecule has 0 aliphatic carbocycles. The minimum atomic E-state index is -1.74. The van der Waals surface area contributed by atoms with Crippen molar-refractivity contribution in [2.45, 2.75) is 69.2 Å². The van der Waals surface area contributed by atoms with E-state index in [1.807, 2.05) is 0 Å². The van der Waals surface area contributed by atoms with Crippen LogP contribution in [0.1, 0.15) is 13.8 Å².